The molecule has 0 saturated carbocycles. The molecule has 0 amide bonds. The van der Waals surface area contributed by atoms with Crippen LogP contribution < -0.4 is 15.5 Å². The second kappa shape index (κ2) is 12.6. The molecule has 2 aromatic heterocycles. The number of aromatic nitrogens is 3. The van der Waals surface area contributed by atoms with E-state index >= 15 is 0 Å². The molecule has 0 radical (unpaired) electrons. The van der Waals surface area contributed by atoms with Crippen LogP contribution in [0, 0.1) is 51.0 Å². The number of methoxy groups -OCH3 is 1. The fraction of sp³-hybridized carbons (Fsp3) is 0.409. The molecule has 2 aliphatic heterocycles. The van der Waals surface area contributed by atoms with Crippen LogP contribution in [0.1, 0.15) is 31.4 Å². The Bertz CT molecular complexity index is 973. The zero-order valence-electron chi connectivity index (χ0n) is 19.1. The number of anilines is 1. The number of hydrogen-bond donors (Lipinski definition) is 3. The van der Waals surface area contributed by atoms with Gasteiger partial charge in [-0.05, 0) is 19.3 Å². The van der Waals surface area contributed by atoms with Crippen molar-refractivity contribution in [2.45, 2.75) is 38.6 Å². The standard InChI is InChI=1S/C21H26ClN6O2S.CH3.U/c1-12-15(26-13(2)17(12)22)11-25-14-4-8-28(9-5-14)21-27-18(16-10-23-6-7-24-16)19(31-21)20(29)30-3;;/h4,6-8,10-12,14-15,20,25-26,29H,5,9H2,1-3H3;1H3;/q2*-1;+2/t12?,14?,15?,20-;;/m0../s1. The summed E-state index contributed by atoms with van der Waals surface area (Å²) in [6, 6.07) is 0.416. The van der Waals surface area contributed by atoms with E-state index in [1.807, 2.05) is 13.1 Å². The summed E-state index contributed by atoms with van der Waals surface area (Å²) in [5.74, 6) is 0.263. The molecule has 0 fully saturated rings. The molecule has 3 unspecified atom stereocenters. The first-order chi connectivity index (χ1) is 15.0. The molecule has 176 valence electrons. The van der Waals surface area contributed by atoms with Gasteiger partial charge in [-0.2, -0.15) is 0 Å². The summed E-state index contributed by atoms with van der Waals surface area (Å²) >= 11 is 7.71. The van der Waals surface area contributed by atoms with Crippen LogP contribution in [0.3, 0.4) is 0 Å². The summed E-state index contributed by atoms with van der Waals surface area (Å²) < 4.78 is 5.13. The minimum Gasteiger partial charge on any atom is -0.462 e. The predicted molar refractivity (Wildman–Crippen MR) is 128 cm³/mol. The minimum atomic E-state index is -1.06. The summed E-state index contributed by atoms with van der Waals surface area (Å²) in [4.78, 5) is 15.8. The number of aliphatic hydroxyl groups is 1. The molecule has 0 aliphatic carbocycles. The van der Waals surface area contributed by atoms with Crippen LogP contribution >= 0.6 is 22.9 Å². The maximum absolute atomic E-state index is 10.3. The smallest absolute Gasteiger partial charge is 0.462 e. The molecule has 4 rings (SSSR count). The molecule has 2 aromatic rings. The average molecular weight is 715 g/mol. The van der Waals surface area contributed by atoms with Gasteiger partial charge >= 0.3 is 31.1 Å². The molecule has 2 aliphatic rings. The fourth-order valence-electron chi connectivity index (χ4n) is 3.63. The molecule has 0 saturated heterocycles. The number of hydrogen-bond acceptors (Lipinski definition) is 9. The Labute approximate surface area is 228 Å². The first kappa shape index (κ1) is 28.3. The zero-order chi connectivity index (χ0) is 22.0. The van der Waals surface area contributed by atoms with Crippen molar-refractivity contribution in [3.05, 3.63) is 60.4 Å². The van der Waals surface area contributed by atoms with E-state index in [4.69, 9.17) is 21.3 Å². The normalized spacial score (nSPS) is 23.1. The van der Waals surface area contributed by atoms with Crippen molar-refractivity contribution in [2.75, 3.05) is 18.6 Å². The molecule has 8 nitrogen and oxygen atoms in total. The topological polar surface area (TPSA) is 95.4 Å². The van der Waals surface area contributed by atoms with Gasteiger partial charge in [0.2, 0.25) is 0 Å². The van der Waals surface area contributed by atoms with E-state index in [0.29, 0.717) is 16.3 Å². The maximum Gasteiger partial charge on any atom is 2.00 e. The van der Waals surface area contributed by atoms with Crippen molar-refractivity contribution >= 4 is 28.1 Å². The number of nitrogens with zero attached hydrogens (tertiary/aromatic N) is 4. The molecule has 3 N–H and O–H groups in total. The fourth-order valence-corrected chi connectivity index (χ4v) is 4.87. The average Bonchev–Trinajstić information content (AvgIpc) is 3.35. The van der Waals surface area contributed by atoms with E-state index < -0.39 is 6.29 Å². The van der Waals surface area contributed by atoms with E-state index in [0.717, 1.165) is 28.8 Å². The van der Waals surface area contributed by atoms with Crippen LogP contribution in [0.15, 0.2) is 41.6 Å². The SMILES string of the molecule is CO[C@H](O)c1sc(N2C=CC(N[CH-]C3NC(C)=C(Cl)C3C)CC2)nc1-c1cnccn1.[CH3-].[U+2]. The number of thiazole rings is 1. The first-order valence-electron chi connectivity index (χ1n) is 10.1. The number of ether oxygens (including phenoxy) is 1. The second-order valence-corrected chi connectivity index (χ2v) is 9.00. The van der Waals surface area contributed by atoms with Crippen molar-refractivity contribution in [1.29, 1.82) is 0 Å². The molecular formula is C22H29ClN6O2SU. The Balaban J connectivity index is 0.00000193. The Morgan fingerprint density at radius 1 is 1.42 bits per heavy atom. The first-order valence-corrected chi connectivity index (χ1v) is 11.3. The van der Waals surface area contributed by atoms with Gasteiger partial charge in [-0.3, -0.25) is 9.97 Å². The molecular weight excluding hydrogens is 686 g/mol. The maximum atomic E-state index is 10.3. The van der Waals surface area contributed by atoms with Crippen molar-refractivity contribution in [2.24, 2.45) is 5.92 Å². The third-order valence-electron chi connectivity index (χ3n) is 5.49. The van der Waals surface area contributed by atoms with Crippen LogP contribution in [0.5, 0.6) is 0 Å². The summed E-state index contributed by atoms with van der Waals surface area (Å²) in [5, 5.41) is 18.9. The third-order valence-corrected chi connectivity index (χ3v) is 7.24. The number of rotatable bonds is 7. The van der Waals surface area contributed by atoms with Gasteiger partial charge in [0.1, 0.15) is 11.4 Å². The second-order valence-electron chi connectivity index (χ2n) is 7.58. The Hall–Kier alpha value is -0.988. The Morgan fingerprint density at radius 3 is 2.79 bits per heavy atom. The zero-order valence-corrected chi connectivity index (χ0v) is 24.9. The number of allylic oxidation sites excluding steroid dienone is 1. The van der Waals surface area contributed by atoms with Gasteiger partial charge in [0.15, 0.2) is 11.4 Å². The molecule has 4 atom stereocenters. The largest absolute Gasteiger partial charge is 2.00 e. The molecule has 11 heteroatoms. The molecule has 4 heterocycles. The van der Waals surface area contributed by atoms with E-state index in [1.165, 1.54) is 18.4 Å². The molecule has 33 heavy (non-hydrogen) atoms. The van der Waals surface area contributed by atoms with Crippen LogP contribution in [0.25, 0.3) is 11.4 Å². The number of aliphatic hydroxyl groups excluding tert-OH is 1. The van der Waals surface area contributed by atoms with Crippen molar-refractivity contribution < 1.29 is 41.0 Å². The van der Waals surface area contributed by atoms with E-state index in [9.17, 15) is 5.11 Å². The van der Waals surface area contributed by atoms with Crippen LogP contribution in [0.2, 0.25) is 0 Å². The molecule has 0 aromatic carbocycles. The summed E-state index contributed by atoms with van der Waals surface area (Å²) in [7, 11) is 1.46. The van der Waals surface area contributed by atoms with Gasteiger partial charge < -0.3 is 32.8 Å². The summed E-state index contributed by atoms with van der Waals surface area (Å²) in [6.07, 6.45) is 8.84. The van der Waals surface area contributed by atoms with Crippen molar-refractivity contribution in [3.63, 3.8) is 0 Å². The van der Waals surface area contributed by atoms with E-state index in [-0.39, 0.29) is 56.5 Å². The van der Waals surface area contributed by atoms with Gasteiger partial charge in [0.25, 0.3) is 0 Å². The van der Waals surface area contributed by atoms with Gasteiger partial charge in [0.05, 0.1) is 11.1 Å². The van der Waals surface area contributed by atoms with Crippen LogP contribution in [-0.2, 0) is 4.74 Å². The third kappa shape index (κ3) is 6.37. The molecule has 0 bridgehead atoms. The van der Waals surface area contributed by atoms with Gasteiger partial charge in [-0.25, -0.2) is 11.5 Å². The Morgan fingerprint density at radius 2 is 2.21 bits per heavy atom. The van der Waals surface area contributed by atoms with Gasteiger partial charge in [-0.1, -0.05) is 42.0 Å². The van der Waals surface area contributed by atoms with Crippen molar-refractivity contribution in [3.8, 4) is 11.4 Å². The summed E-state index contributed by atoms with van der Waals surface area (Å²) in [6.45, 7) is 7.01. The number of halogens is 1. The summed E-state index contributed by atoms with van der Waals surface area (Å²) in [5.41, 5.74) is 2.23. The monoisotopic (exact) mass is 714 g/mol. The van der Waals surface area contributed by atoms with Crippen molar-refractivity contribution in [1.82, 2.24) is 25.6 Å². The Kier molecular flexibility index (Phi) is 10.8. The number of nitrogens with one attached hydrogen (secondary N) is 2. The van der Waals surface area contributed by atoms with Gasteiger partial charge in [-0.15, -0.1) is 0 Å². The predicted octanol–water partition coefficient (Wildman–Crippen LogP) is 3.61. The van der Waals surface area contributed by atoms with E-state index in [2.05, 4.69) is 45.0 Å². The van der Waals surface area contributed by atoms with Gasteiger partial charge in [0, 0.05) is 49.0 Å². The molecule has 0 spiro atoms. The van der Waals surface area contributed by atoms with Crippen LogP contribution in [0.4, 0.5) is 5.13 Å². The quantitative estimate of drug-likeness (QED) is 0.296. The van der Waals surface area contributed by atoms with Crippen LogP contribution in [-0.4, -0.2) is 45.8 Å². The van der Waals surface area contributed by atoms with E-state index in [1.54, 1.807) is 18.6 Å². The minimum absolute atomic E-state index is 0.